The van der Waals surface area contributed by atoms with Crippen molar-refractivity contribution in [1.29, 1.82) is 0 Å². The van der Waals surface area contributed by atoms with E-state index >= 15 is 0 Å². The first kappa shape index (κ1) is 15.9. The molecule has 0 atom stereocenters. The Hall–Kier alpha value is -0.120. The van der Waals surface area contributed by atoms with Crippen LogP contribution in [0, 0.1) is 0 Å². The van der Waals surface area contributed by atoms with E-state index < -0.39 is 0 Å². The second-order valence-corrected chi connectivity index (χ2v) is 3.00. The average molecular weight is 137 g/mol. The lowest BCUT2D eigenvalue weighted by Gasteiger charge is -2.14. The fourth-order valence-electron chi connectivity index (χ4n) is 0. The van der Waals surface area contributed by atoms with E-state index in [0.717, 1.165) is 4.48 Å². The van der Waals surface area contributed by atoms with Crippen molar-refractivity contribution in [2.45, 2.75) is 6.92 Å². The second kappa shape index (κ2) is 7.88. The Labute approximate surface area is 57.8 Å². The maximum atomic E-state index is 7.57. The van der Waals surface area contributed by atoms with Crippen molar-refractivity contribution in [3.8, 4) is 0 Å². The van der Waals surface area contributed by atoms with Gasteiger partial charge in [-0.05, 0) is 6.92 Å². The Balaban J connectivity index is -0.0000000800. The third-order valence-corrected chi connectivity index (χ3v) is 0. The van der Waals surface area contributed by atoms with Crippen molar-refractivity contribution >= 4 is 0 Å². The molecule has 0 amide bonds. The van der Waals surface area contributed by atoms with Gasteiger partial charge < -0.3 is 15.1 Å². The van der Waals surface area contributed by atoms with E-state index in [1.807, 2.05) is 0 Å². The summed E-state index contributed by atoms with van der Waals surface area (Å²) < 4.78 is 1.00. The molecule has 0 radical (unpaired) electrons. The van der Waals surface area contributed by atoms with Gasteiger partial charge in [-0.3, -0.25) is 0 Å². The van der Waals surface area contributed by atoms with Crippen molar-refractivity contribution in [1.82, 2.24) is 0 Å². The number of aliphatic hydroxyl groups is 1. The van der Waals surface area contributed by atoms with Crippen LogP contribution in [0.15, 0.2) is 0 Å². The summed E-state index contributed by atoms with van der Waals surface area (Å²) in [6.45, 7) is 1.93. The van der Waals surface area contributed by atoms with E-state index in [1.54, 1.807) is 6.92 Å². The minimum absolute atomic E-state index is 0. The molecule has 0 rings (SSSR count). The highest BCUT2D eigenvalue weighted by Gasteiger charge is 1.88. The van der Waals surface area contributed by atoms with Gasteiger partial charge in [0.25, 0.3) is 0 Å². The Morgan fingerprint density at radius 2 is 1.11 bits per heavy atom. The van der Waals surface area contributed by atoms with E-state index in [4.69, 9.17) is 5.11 Å². The molecule has 0 saturated heterocycles. The molecule has 0 aliphatic heterocycles. The molecule has 0 spiro atoms. The highest BCUT2D eigenvalue weighted by Crippen LogP contribution is 1.73. The van der Waals surface area contributed by atoms with Crippen LogP contribution in [0.3, 0.4) is 0 Å². The fourth-order valence-corrected chi connectivity index (χ4v) is 0. The first-order valence-electron chi connectivity index (χ1n) is 2.81. The lowest BCUT2D eigenvalue weighted by atomic mass is 10.8. The summed E-state index contributed by atoms with van der Waals surface area (Å²) in [7, 11) is 8.50. The summed E-state index contributed by atoms with van der Waals surface area (Å²) >= 11 is 0. The van der Waals surface area contributed by atoms with E-state index in [1.165, 1.54) is 0 Å². The molecule has 2 N–H and O–H groups in total. The predicted octanol–water partition coefficient (Wildman–Crippen LogP) is 0.144. The third kappa shape index (κ3) is 18900. The van der Waals surface area contributed by atoms with E-state index in [2.05, 4.69) is 28.2 Å². The Morgan fingerprint density at radius 3 is 1.11 bits per heavy atom. The van der Waals surface area contributed by atoms with Crippen molar-refractivity contribution in [3.05, 3.63) is 0 Å². The van der Waals surface area contributed by atoms with Crippen LogP contribution >= 0.6 is 0 Å². The van der Waals surface area contributed by atoms with Gasteiger partial charge >= 0.3 is 0 Å². The normalized spacial score (nSPS) is 8.67. The number of aliphatic hydroxyl groups excluding tert-OH is 1. The molecule has 0 bridgehead atoms. The van der Waals surface area contributed by atoms with Gasteiger partial charge in [-0.2, -0.15) is 0 Å². The molecule has 0 aromatic rings. The molecule has 9 heavy (non-hydrogen) atoms. The Morgan fingerprint density at radius 1 is 1.11 bits per heavy atom. The average Bonchev–Trinajstić information content (AvgIpc) is 1.27. The zero-order valence-corrected chi connectivity index (χ0v) is 7.05. The molecule has 0 fully saturated rings. The van der Waals surface area contributed by atoms with Crippen molar-refractivity contribution in [3.63, 3.8) is 0 Å². The SMILES string of the molecule is CCO.C[N+](C)(C)C.[OH-]. The van der Waals surface area contributed by atoms with Gasteiger partial charge in [-0.15, -0.1) is 0 Å². The molecule has 0 heterocycles. The maximum absolute atomic E-state index is 7.57. The standard InChI is InChI=1S/C4H12N.C2H6O.H2O/c1-5(2,3)4;1-2-3;/h1-4H3;3H,2H2,1H3;1H2/q+1;;/p-1. The quantitative estimate of drug-likeness (QED) is 0.483. The van der Waals surface area contributed by atoms with E-state index in [-0.39, 0.29) is 12.1 Å². The number of hydrogen-bond donors (Lipinski definition) is 1. The molecular formula is C6H19NO2. The number of rotatable bonds is 0. The van der Waals surface area contributed by atoms with Crippen LogP contribution in [0.25, 0.3) is 0 Å². The first-order valence-corrected chi connectivity index (χ1v) is 2.81. The smallest absolute Gasteiger partial charge is 0.0675 e. The predicted molar refractivity (Wildman–Crippen MR) is 38.7 cm³/mol. The van der Waals surface area contributed by atoms with Crippen LogP contribution in [-0.2, 0) is 0 Å². The van der Waals surface area contributed by atoms with Crippen LogP contribution in [-0.4, -0.2) is 49.9 Å². The van der Waals surface area contributed by atoms with Gasteiger partial charge in [-0.25, -0.2) is 0 Å². The third-order valence-electron chi connectivity index (χ3n) is 0. The summed E-state index contributed by atoms with van der Waals surface area (Å²) in [5.41, 5.74) is 0. The Kier molecular flexibility index (Phi) is 14.0. The Bertz CT molecular complexity index is 34.8. The molecule has 0 aliphatic rings. The van der Waals surface area contributed by atoms with Crippen molar-refractivity contribution in [2.75, 3.05) is 34.8 Å². The molecule has 3 nitrogen and oxygen atoms in total. The molecule has 0 unspecified atom stereocenters. The zero-order valence-electron chi connectivity index (χ0n) is 7.05. The van der Waals surface area contributed by atoms with Gasteiger partial charge in [-0.1, -0.05) is 0 Å². The number of nitrogens with zero attached hydrogens (tertiary/aromatic N) is 1. The molecular weight excluding hydrogens is 118 g/mol. The maximum Gasteiger partial charge on any atom is 0.0675 e. The lowest BCUT2D eigenvalue weighted by Crippen LogP contribution is -2.27. The van der Waals surface area contributed by atoms with E-state index in [9.17, 15) is 0 Å². The van der Waals surface area contributed by atoms with Crippen LogP contribution in [0.2, 0.25) is 0 Å². The summed E-state index contributed by atoms with van der Waals surface area (Å²) in [6.07, 6.45) is 0. The van der Waals surface area contributed by atoms with Gasteiger partial charge in [0.15, 0.2) is 0 Å². The summed E-state index contributed by atoms with van der Waals surface area (Å²) in [4.78, 5) is 0. The molecule has 0 saturated carbocycles. The molecule has 60 valence electrons. The fraction of sp³-hybridized carbons (Fsp3) is 1.00. The van der Waals surface area contributed by atoms with Crippen LogP contribution < -0.4 is 0 Å². The second-order valence-electron chi connectivity index (χ2n) is 3.00. The molecule has 0 aromatic heterocycles. The van der Waals surface area contributed by atoms with Crippen LogP contribution in [0.4, 0.5) is 0 Å². The summed E-state index contributed by atoms with van der Waals surface area (Å²) in [5.74, 6) is 0. The van der Waals surface area contributed by atoms with Gasteiger partial charge in [0.2, 0.25) is 0 Å². The van der Waals surface area contributed by atoms with Gasteiger partial charge in [0, 0.05) is 6.61 Å². The van der Waals surface area contributed by atoms with Crippen molar-refractivity contribution in [2.24, 2.45) is 0 Å². The molecule has 3 heteroatoms. The topological polar surface area (TPSA) is 50.2 Å². The zero-order chi connectivity index (χ0) is 7.21. The first-order chi connectivity index (χ1) is 3.41. The monoisotopic (exact) mass is 137 g/mol. The largest absolute Gasteiger partial charge is 0.870 e. The van der Waals surface area contributed by atoms with Crippen molar-refractivity contribution < 1.29 is 15.1 Å². The highest BCUT2D eigenvalue weighted by atomic mass is 16.2. The number of quaternary nitrogens is 1. The minimum Gasteiger partial charge on any atom is -0.870 e. The van der Waals surface area contributed by atoms with Gasteiger partial charge in [0.05, 0.1) is 28.2 Å². The summed E-state index contributed by atoms with van der Waals surface area (Å²) in [6, 6.07) is 0. The van der Waals surface area contributed by atoms with Crippen LogP contribution in [0.5, 0.6) is 0 Å². The lowest BCUT2D eigenvalue weighted by molar-refractivity contribution is -0.849. The van der Waals surface area contributed by atoms with Crippen LogP contribution in [0.1, 0.15) is 6.92 Å². The highest BCUT2D eigenvalue weighted by molar-refractivity contribution is 3.87. The van der Waals surface area contributed by atoms with E-state index in [0.29, 0.717) is 0 Å². The molecule has 0 aromatic carbocycles. The number of hydrogen-bond acceptors (Lipinski definition) is 2. The summed E-state index contributed by atoms with van der Waals surface area (Å²) in [5, 5.41) is 7.57. The molecule has 0 aliphatic carbocycles. The minimum atomic E-state index is 0. The van der Waals surface area contributed by atoms with Gasteiger partial charge in [0.1, 0.15) is 0 Å².